The molecule has 0 unspecified atom stereocenters. The van der Waals surface area contributed by atoms with Gasteiger partial charge in [-0.3, -0.25) is 0 Å². The van der Waals surface area contributed by atoms with E-state index in [9.17, 15) is 13.2 Å². The summed E-state index contributed by atoms with van der Waals surface area (Å²) in [6, 6.07) is 16.7. The summed E-state index contributed by atoms with van der Waals surface area (Å²) in [7, 11) is -3.81. The van der Waals surface area contributed by atoms with Crippen molar-refractivity contribution in [3.8, 4) is 0 Å². The van der Waals surface area contributed by atoms with E-state index in [2.05, 4.69) is 0 Å². The van der Waals surface area contributed by atoms with Crippen LogP contribution in [0.5, 0.6) is 0 Å². The van der Waals surface area contributed by atoms with Crippen LogP contribution in [-0.4, -0.2) is 38.1 Å². The predicted octanol–water partition coefficient (Wildman–Crippen LogP) is 4.37. The zero-order valence-corrected chi connectivity index (χ0v) is 19.3. The molecule has 1 saturated heterocycles. The highest BCUT2D eigenvalue weighted by Gasteiger charge is 2.46. The van der Waals surface area contributed by atoms with Gasteiger partial charge >= 0.3 is 5.97 Å². The lowest BCUT2D eigenvalue weighted by atomic mass is 9.80. The highest BCUT2D eigenvalue weighted by Crippen LogP contribution is 2.43. The zero-order chi connectivity index (χ0) is 22.7. The number of carbonyl (C=O) groups excluding carboxylic acids is 1. The number of sulfonamides is 1. The molecule has 2 aromatic carbocycles. The van der Waals surface area contributed by atoms with Gasteiger partial charge in [0.15, 0.2) is 6.23 Å². The molecule has 6 nitrogen and oxygen atoms in total. The SMILES string of the molecule is CCOC(=O)C1=C[C@@H](c2ccccc2)[C@H]2CCCCN(S(=O)(=O)c3ccc(C)cc3)[C@@H]2O1. The molecule has 0 N–H and O–H groups in total. The first-order chi connectivity index (χ1) is 15.4. The average molecular weight is 456 g/mol. The van der Waals surface area contributed by atoms with Gasteiger partial charge in [-0.1, -0.05) is 54.4 Å². The zero-order valence-electron chi connectivity index (χ0n) is 18.4. The molecular formula is C25H29NO5S. The van der Waals surface area contributed by atoms with Gasteiger partial charge in [0, 0.05) is 18.4 Å². The minimum absolute atomic E-state index is 0.0768. The summed E-state index contributed by atoms with van der Waals surface area (Å²) in [6.07, 6.45) is 3.44. The van der Waals surface area contributed by atoms with Crippen molar-refractivity contribution in [3.05, 3.63) is 77.6 Å². The van der Waals surface area contributed by atoms with Gasteiger partial charge in [-0.25, -0.2) is 13.2 Å². The summed E-state index contributed by atoms with van der Waals surface area (Å²) in [5.74, 6) is -0.752. The van der Waals surface area contributed by atoms with E-state index >= 15 is 0 Å². The Morgan fingerprint density at radius 1 is 1.09 bits per heavy atom. The summed E-state index contributed by atoms with van der Waals surface area (Å²) in [5, 5.41) is 0. The molecule has 0 spiro atoms. The third-order valence-electron chi connectivity index (χ3n) is 6.14. The molecule has 0 amide bonds. The summed E-state index contributed by atoms with van der Waals surface area (Å²) in [4.78, 5) is 12.8. The largest absolute Gasteiger partial charge is 0.466 e. The molecule has 2 heterocycles. The Morgan fingerprint density at radius 3 is 2.50 bits per heavy atom. The number of hydrogen-bond donors (Lipinski definition) is 0. The molecule has 4 rings (SSSR count). The first kappa shape index (κ1) is 22.6. The van der Waals surface area contributed by atoms with Gasteiger partial charge in [-0.15, -0.1) is 0 Å². The maximum atomic E-state index is 13.7. The van der Waals surface area contributed by atoms with E-state index < -0.39 is 22.2 Å². The van der Waals surface area contributed by atoms with Crippen molar-refractivity contribution in [3.63, 3.8) is 0 Å². The number of ether oxygens (including phenoxy) is 2. The lowest BCUT2D eigenvalue weighted by molar-refractivity contribution is -0.147. The number of benzene rings is 2. The number of hydrogen-bond acceptors (Lipinski definition) is 5. The van der Waals surface area contributed by atoms with Crippen LogP contribution in [0.4, 0.5) is 0 Å². The van der Waals surface area contributed by atoms with Crippen LogP contribution in [0.1, 0.15) is 43.2 Å². The summed E-state index contributed by atoms with van der Waals surface area (Å²) in [6.45, 7) is 4.21. The molecular weight excluding hydrogens is 426 g/mol. The smallest absolute Gasteiger partial charge is 0.373 e. The van der Waals surface area contributed by atoms with Crippen LogP contribution in [0.2, 0.25) is 0 Å². The number of carbonyl (C=O) groups is 1. The molecule has 1 fully saturated rings. The Kier molecular flexibility index (Phi) is 6.67. The van der Waals surface area contributed by atoms with Gasteiger partial charge in [0.25, 0.3) is 0 Å². The number of aryl methyl sites for hydroxylation is 1. The Hall–Kier alpha value is -2.64. The highest BCUT2D eigenvalue weighted by molar-refractivity contribution is 7.89. The van der Waals surface area contributed by atoms with E-state index in [0.29, 0.717) is 6.54 Å². The van der Waals surface area contributed by atoms with E-state index in [-0.39, 0.29) is 29.1 Å². The summed E-state index contributed by atoms with van der Waals surface area (Å²) in [5.41, 5.74) is 2.02. The minimum atomic E-state index is -3.81. The maximum Gasteiger partial charge on any atom is 0.373 e. The maximum absolute atomic E-state index is 13.7. The highest BCUT2D eigenvalue weighted by atomic mass is 32.2. The summed E-state index contributed by atoms with van der Waals surface area (Å²) >= 11 is 0. The van der Waals surface area contributed by atoms with E-state index in [1.807, 2.05) is 37.3 Å². The molecule has 32 heavy (non-hydrogen) atoms. The topological polar surface area (TPSA) is 72.9 Å². The number of rotatable bonds is 5. The Morgan fingerprint density at radius 2 is 1.81 bits per heavy atom. The third-order valence-corrected chi connectivity index (χ3v) is 8.02. The molecule has 0 radical (unpaired) electrons. The van der Waals surface area contributed by atoms with Crippen molar-refractivity contribution < 1.29 is 22.7 Å². The van der Waals surface area contributed by atoms with Gasteiger partial charge in [0.2, 0.25) is 15.8 Å². The monoisotopic (exact) mass is 455 g/mol. The van der Waals surface area contributed by atoms with Gasteiger partial charge in [0.1, 0.15) is 0 Å². The van der Waals surface area contributed by atoms with E-state index in [0.717, 1.165) is 30.4 Å². The second kappa shape index (κ2) is 9.46. The van der Waals surface area contributed by atoms with Crippen LogP contribution in [0.3, 0.4) is 0 Å². The second-order valence-corrected chi connectivity index (χ2v) is 10.2. The van der Waals surface area contributed by atoms with Crippen molar-refractivity contribution >= 4 is 16.0 Å². The molecule has 2 aromatic rings. The quantitative estimate of drug-likeness (QED) is 0.626. The fourth-order valence-corrected chi connectivity index (χ4v) is 6.12. The van der Waals surface area contributed by atoms with E-state index in [1.165, 1.54) is 4.31 Å². The fourth-order valence-electron chi connectivity index (χ4n) is 4.53. The normalized spacial score (nSPS) is 23.9. The van der Waals surface area contributed by atoms with Crippen LogP contribution < -0.4 is 0 Å². The number of esters is 1. The molecule has 2 aliphatic heterocycles. The van der Waals surface area contributed by atoms with E-state index in [1.54, 1.807) is 37.3 Å². The van der Waals surface area contributed by atoms with Crippen LogP contribution in [0.15, 0.2) is 71.3 Å². The predicted molar refractivity (Wildman–Crippen MR) is 121 cm³/mol. The van der Waals surface area contributed by atoms with Crippen molar-refractivity contribution in [1.82, 2.24) is 4.31 Å². The first-order valence-corrected chi connectivity index (χ1v) is 12.5. The molecule has 7 heteroatoms. The van der Waals surface area contributed by atoms with Crippen LogP contribution in [0.25, 0.3) is 0 Å². The van der Waals surface area contributed by atoms with Crippen LogP contribution in [-0.2, 0) is 24.3 Å². The number of nitrogens with zero attached hydrogens (tertiary/aromatic N) is 1. The van der Waals surface area contributed by atoms with Gasteiger partial charge in [0.05, 0.1) is 11.5 Å². The molecule has 0 saturated carbocycles. The van der Waals surface area contributed by atoms with Crippen molar-refractivity contribution in [2.24, 2.45) is 5.92 Å². The standard InChI is InChI=1S/C25H29NO5S/c1-3-30-25(27)23-17-22(19-9-5-4-6-10-19)21-11-7-8-16-26(24(21)31-23)32(28,29)20-14-12-18(2)13-15-20/h4-6,9-10,12-15,17,21-22,24H,3,7-8,11,16H2,1-2H3/t21-,22+,24-/m1/s1. The molecule has 0 aliphatic carbocycles. The minimum Gasteiger partial charge on any atom is -0.466 e. The Bertz CT molecular complexity index is 1080. The van der Waals surface area contributed by atoms with Crippen molar-refractivity contribution in [1.29, 1.82) is 0 Å². The third kappa shape index (κ3) is 4.45. The summed E-state index contributed by atoms with van der Waals surface area (Å²) < 4.78 is 40.1. The van der Waals surface area contributed by atoms with Crippen molar-refractivity contribution in [2.75, 3.05) is 13.2 Å². The average Bonchev–Trinajstić information content (AvgIpc) is 3.02. The Labute approximate surface area is 189 Å². The van der Waals surface area contributed by atoms with Crippen LogP contribution in [0, 0.1) is 12.8 Å². The molecule has 2 aliphatic rings. The van der Waals surface area contributed by atoms with E-state index in [4.69, 9.17) is 9.47 Å². The molecule has 0 aromatic heterocycles. The molecule has 170 valence electrons. The number of allylic oxidation sites excluding steroid dienone is 1. The Balaban J connectivity index is 1.78. The lowest BCUT2D eigenvalue weighted by Crippen LogP contribution is -2.48. The molecule has 3 atom stereocenters. The van der Waals surface area contributed by atoms with Gasteiger partial charge < -0.3 is 9.47 Å². The van der Waals surface area contributed by atoms with Gasteiger partial charge in [-0.2, -0.15) is 4.31 Å². The fraction of sp³-hybridized carbons (Fsp3) is 0.400. The second-order valence-electron chi connectivity index (χ2n) is 8.28. The lowest BCUT2D eigenvalue weighted by Gasteiger charge is -2.40. The van der Waals surface area contributed by atoms with Gasteiger partial charge in [-0.05, 0) is 50.5 Å². The molecule has 0 bridgehead atoms. The number of fused-ring (bicyclic) bond motifs is 1. The van der Waals surface area contributed by atoms with Crippen molar-refractivity contribution in [2.45, 2.75) is 50.2 Å². The van der Waals surface area contributed by atoms with Crippen LogP contribution >= 0.6 is 0 Å². The first-order valence-electron chi connectivity index (χ1n) is 11.1.